The molecule has 0 aromatic heterocycles. The first-order chi connectivity index (χ1) is 7.38. The lowest BCUT2D eigenvalue weighted by atomic mass is 10.2. The fourth-order valence-electron chi connectivity index (χ4n) is 0.917. The maximum atomic E-state index is 11.7. The van der Waals surface area contributed by atoms with Gasteiger partial charge in [-0.2, -0.15) is 18.7 Å². The zero-order chi connectivity index (χ0) is 12.2. The maximum Gasteiger partial charge on any atom is 0.413 e. The van der Waals surface area contributed by atoms with Crippen molar-refractivity contribution in [2.24, 2.45) is 0 Å². The Kier molecular flexibility index (Phi) is 4.86. The third kappa shape index (κ3) is 5.03. The van der Waals surface area contributed by atoms with E-state index >= 15 is 0 Å². The van der Waals surface area contributed by atoms with Crippen LogP contribution in [0.5, 0.6) is 0 Å². The van der Waals surface area contributed by atoms with Gasteiger partial charge in [0, 0.05) is 6.54 Å². The second kappa shape index (κ2) is 5.72. The fraction of sp³-hybridized carbons (Fsp3) is 0.333. The number of hydroxylamine groups is 1. The Morgan fingerprint density at radius 1 is 1.19 bits per heavy atom. The Morgan fingerprint density at radius 3 is 2.44 bits per heavy atom. The van der Waals surface area contributed by atoms with Crippen molar-refractivity contribution < 1.29 is 18.0 Å². The van der Waals surface area contributed by atoms with Crippen molar-refractivity contribution in [3.05, 3.63) is 33.8 Å². The summed E-state index contributed by atoms with van der Waals surface area (Å²) in [6.45, 7) is -1.22. The van der Waals surface area contributed by atoms with Crippen molar-refractivity contribution >= 4 is 23.2 Å². The zero-order valence-electron chi connectivity index (χ0n) is 7.94. The van der Waals surface area contributed by atoms with E-state index in [1.54, 1.807) is 18.2 Å². The lowest BCUT2D eigenvalue weighted by Gasteiger charge is -2.08. The molecule has 0 radical (unpaired) electrons. The van der Waals surface area contributed by atoms with Gasteiger partial charge in [0.2, 0.25) is 0 Å². The normalized spacial score (nSPS) is 11.8. The molecule has 1 N–H and O–H groups in total. The van der Waals surface area contributed by atoms with E-state index in [0.717, 1.165) is 0 Å². The van der Waals surface area contributed by atoms with E-state index in [-0.39, 0.29) is 6.54 Å². The summed E-state index contributed by atoms with van der Waals surface area (Å²) in [5.41, 5.74) is 2.86. The number of benzene rings is 1. The minimum absolute atomic E-state index is 0.118. The predicted octanol–water partition coefficient (Wildman–Crippen LogP) is 3.58. The second-order valence-electron chi connectivity index (χ2n) is 2.97. The van der Waals surface area contributed by atoms with Gasteiger partial charge in [-0.05, 0) is 17.7 Å². The van der Waals surface area contributed by atoms with E-state index in [0.29, 0.717) is 15.6 Å². The van der Waals surface area contributed by atoms with Crippen LogP contribution in [0.1, 0.15) is 5.56 Å². The van der Waals surface area contributed by atoms with Crippen LogP contribution in [0, 0.1) is 0 Å². The molecule has 0 bridgehead atoms. The van der Waals surface area contributed by atoms with Gasteiger partial charge in [0.05, 0.1) is 10.0 Å². The molecular formula is C9H8Cl2F3NO. The number of rotatable bonds is 4. The molecule has 7 heteroatoms. The quantitative estimate of drug-likeness (QED) is 0.669. The number of hydrogen-bond acceptors (Lipinski definition) is 2. The highest BCUT2D eigenvalue weighted by Crippen LogP contribution is 2.22. The average molecular weight is 274 g/mol. The molecule has 0 unspecified atom stereocenters. The van der Waals surface area contributed by atoms with Gasteiger partial charge in [-0.3, -0.25) is 4.84 Å². The van der Waals surface area contributed by atoms with Crippen molar-refractivity contribution in [3.63, 3.8) is 0 Å². The predicted molar refractivity (Wildman–Crippen MR) is 55.3 cm³/mol. The summed E-state index contributed by atoms with van der Waals surface area (Å²) in [5.74, 6) is 0. The topological polar surface area (TPSA) is 21.3 Å². The molecule has 0 heterocycles. The van der Waals surface area contributed by atoms with E-state index in [4.69, 9.17) is 23.2 Å². The van der Waals surface area contributed by atoms with Gasteiger partial charge in [-0.1, -0.05) is 29.3 Å². The largest absolute Gasteiger partial charge is 0.413 e. The van der Waals surface area contributed by atoms with E-state index in [1.807, 2.05) is 0 Å². The summed E-state index contributed by atoms with van der Waals surface area (Å²) in [6.07, 6.45) is -4.34. The third-order valence-electron chi connectivity index (χ3n) is 1.60. The van der Waals surface area contributed by atoms with Gasteiger partial charge < -0.3 is 0 Å². The standard InChI is InChI=1S/C9H8Cl2F3NO/c10-7-2-1-6(3-8(7)11)4-15-16-5-9(12,13)14/h1-3,15H,4-5H2. The van der Waals surface area contributed by atoms with Gasteiger partial charge in [-0.15, -0.1) is 0 Å². The molecule has 0 fully saturated rings. The van der Waals surface area contributed by atoms with Crippen LogP contribution in [0.2, 0.25) is 10.0 Å². The fourth-order valence-corrected chi connectivity index (χ4v) is 1.24. The molecule has 1 rings (SSSR count). The summed E-state index contributed by atoms with van der Waals surface area (Å²) in [4.78, 5) is 4.22. The Balaban J connectivity index is 2.35. The number of halogens is 5. The molecule has 0 aliphatic carbocycles. The first-order valence-corrected chi connectivity index (χ1v) is 4.99. The summed E-state index contributed by atoms with van der Waals surface area (Å²) < 4.78 is 35.1. The second-order valence-corrected chi connectivity index (χ2v) is 3.79. The molecule has 0 saturated carbocycles. The van der Waals surface area contributed by atoms with Gasteiger partial charge in [0.1, 0.15) is 0 Å². The van der Waals surface area contributed by atoms with Gasteiger partial charge >= 0.3 is 6.18 Å². The molecule has 0 saturated heterocycles. The van der Waals surface area contributed by atoms with Crippen LogP contribution in [0.3, 0.4) is 0 Å². The number of hydrogen-bond donors (Lipinski definition) is 1. The molecule has 1 aromatic carbocycles. The van der Waals surface area contributed by atoms with E-state index < -0.39 is 12.8 Å². The van der Waals surface area contributed by atoms with Crippen LogP contribution >= 0.6 is 23.2 Å². The Morgan fingerprint density at radius 2 is 1.88 bits per heavy atom. The summed E-state index contributed by atoms with van der Waals surface area (Å²) >= 11 is 11.4. The van der Waals surface area contributed by atoms with Crippen molar-refractivity contribution in [3.8, 4) is 0 Å². The van der Waals surface area contributed by atoms with Crippen LogP contribution in [-0.4, -0.2) is 12.8 Å². The highest BCUT2D eigenvalue weighted by molar-refractivity contribution is 6.42. The first-order valence-electron chi connectivity index (χ1n) is 4.24. The highest BCUT2D eigenvalue weighted by atomic mass is 35.5. The zero-order valence-corrected chi connectivity index (χ0v) is 9.46. The van der Waals surface area contributed by atoms with Gasteiger partial charge in [0.25, 0.3) is 0 Å². The SMILES string of the molecule is FC(F)(F)CONCc1ccc(Cl)c(Cl)c1. The minimum atomic E-state index is -4.34. The summed E-state index contributed by atoms with van der Waals surface area (Å²) in [5, 5.41) is 0.735. The Labute approximate surface area is 100 Å². The van der Waals surface area contributed by atoms with Crippen LogP contribution in [0.15, 0.2) is 18.2 Å². The van der Waals surface area contributed by atoms with Crippen LogP contribution in [-0.2, 0) is 11.4 Å². The smallest absolute Gasteiger partial charge is 0.292 e. The van der Waals surface area contributed by atoms with Crippen LogP contribution < -0.4 is 5.48 Å². The van der Waals surface area contributed by atoms with Crippen molar-refractivity contribution in [2.75, 3.05) is 6.61 Å². The molecule has 2 nitrogen and oxygen atoms in total. The van der Waals surface area contributed by atoms with E-state index in [9.17, 15) is 13.2 Å². The van der Waals surface area contributed by atoms with Crippen molar-refractivity contribution in [1.82, 2.24) is 5.48 Å². The molecule has 0 amide bonds. The molecule has 0 aliphatic rings. The van der Waals surface area contributed by atoms with Gasteiger partial charge in [0.15, 0.2) is 6.61 Å². The molecule has 0 spiro atoms. The molecule has 16 heavy (non-hydrogen) atoms. The van der Waals surface area contributed by atoms with Crippen LogP contribution in [0.25, 0.3) is 0 Å². The van der Waals surface area contributed by atoms with Crippen molar-refractivity contribution in [2.45, 2.75) is 12.7 Å². The van der Waals surface area contributed by atoms with Gasteiger partial charge in [-0.25, -0.2) is 0 Å². The summed E-state index contributed by atoms with van der Waals surface area (Å²) in [6, 6.07) is 4.75. The lowest BCUT2D eigenvalue weighted by Crippen LogP contribution is -2.24. The number of nitrogens with one attached hydrogen (secondary N) is 1. The molecule has 1 aromatic rings. The Hall–Kier alpha value is -0.490. The average Bonchev–Trinajstić information content (AvgIpc) is 2.17. The Bertz CT molecular complexity index is 357. The monoisotopic (exact) mass is 273 g/mol. The molecular weight excluding hydrogens is 266 g/mol. The van der Waals surface area contributed by atoms with Crippen LogP contribution in [0.4, 0.5) is 13.2 Å². The van der Waals surface area contributed by atoms with E-state index in [1.165, 1.54) is 0 Å². The van der Waals surface area contributed by atoms with Crippen molar-refractivity contribution in [1.29, 1.82) is 0 Å². The third-order valence-corrected chi connectivity index (χ3v) is 2.34. The lowest BCUT2D eigenvalue weighted by molar-refractivity contribution is -0.190. The molecule has 90 valence electrons. The molecule has 0 aliphatic heterocycles. The maximum absolute atomic E-state index is 11.7. The summed E-state index contributed by atoms with van der Waals surface area (Å²) in [7, 11) is 0. The highest BCUT2D eigenvalue weighted by Gasteiger charge is 2.27. The molecule has 0 atom stereocenters. The number of alkyl halides is 3. The minimum Gasteiger partial charge on any atom is -0.292 e. The first kappa shape index (κ1) is 13.6. The van der Waals surface area contributed by atoms with E-state index in [2.05, 4.69) is 10.3 Å².